The summed E-state index contributed by atoms with van der Waals surface area (Å²) in [5.74, 6) is -2.75. The number of nitrogens with zero attached hydrogens (tertiary/aromatic N) is 1. The zero-order valence-electron chi connectivity index (χ0n) is 15.6. The van der Waals surface area contributed by atoms with Crippen LogP contribution >= 0.6 is 11.3 Å². The van der Waals surface area contributed by atoms with Gasteiger partial charge in [0.05, 0.1) is 6.61 Å². The van der Waals surface area contributed by atoms with E-state index in [1.165, 1.54) is 36.4 Å². The van der Waals surface area contributed by atoms with Gasteiger partial charge in [0.2, 0.25) is 0 Å². The summed E-state index contributed by atoms with van der Waals surface area (Å²) in [6.45, 7) is 1.67. The van der Waals surface area contributed by atoms with E-state index in [2.05, 4.69) is 0 Å². The molecule has 0 fully saturated rings. The number of esters is 1. The second-order valence-corrected chi connectivity index (χ2v) is 7.17. The van der Waals surface area contributed by atoms with E-state index in [0.717, 1.165) is 23.5 Å². The summed E-state index contributed by atoms with van der Waals surface area (Å²) in [6, 6.07) is 10.5. The lowest BCUT2D eigenvalue weighted by Crippen LogP contribution is -2.06. The number of carbonyl (C=O) groups is 1. The van der Waals surface area contributed by atoms with Crippen molar-refractivity contribution in [1.29, 1.82) is 5.26 Å². The summed E-state index contributed by atoms with van der Waals surface area (Å²) in [5, 5.41) is 28.3. The minimum Gasteiger partial charge on any atom is -0.508 e. The first-order chi connectivity index (χ1) is 14.3. The fourth-order valence-corrected chi connectivity index (χ4v) is 3.94. The minimum absolute atomic E-state index is 0.0743. The van der Waals surface area contributed by atoms with E-state index in [1.54, 1.807) is 13.0 Å². The highest BCUT2D eigenvalue weighted by molar-refractivity contribution is 7.19. The first-order valence-corrected chi connectivity index (χ1v) is 9.56. The number of halogens is 2. The average molecular weight is 427 g/mol. The van der Waals surface area contributed by atoms with Crippen LogP contribution in [-0.2, 0) is 9.53 Å². The van der Waals surface area contributed by atoms with E-state index in [4.69, 9.17) is 4.74 Å². The van der Waals surface area contributed by atoms with Crippen molar-refractivity contribution >= 4 is 23.4 Å². The lowest BCUT2D eigenvalue weighted by molar-refractivity contribution is -0.137. The molecule has 0 saturated carbocycles. The summed E-state index contributed by atoms with van der Waals surface area (Å²) in [6.07, 6.45) is 1.25. The molecule has 0 amide bonds. The Morgan fingerprint density at radius 2 is 1.70 bits per heavy atom. The van der Waals surface area contributed by atoms with Crippen LogP contribution in [0.1, 0.15) is 12.5 Å². The van der Waals surface area contributed by atoms with E-state index < -0.39 is 17.6 Å². The van der Waals surface area contributed by atoms with Crippen LogP contribution in [0.25, 0.3) is 27.0 Å². The average Bonchev–Trinajstić information content (AvgIpc) is 3.09. The molecule has 2 aromatic carbocycles. The number of phenols is 2. The van der Waals surface area contributed by atoms with Gasteiger partial charge in [0.25, 0.3) is 0 Å². The zero-order valence-corrected chi connectivity index (χ0v) is 16.5. The summed E-state index contributed by atoms with van der Waals surface area (Å²) < 4.78 is 33.7. The molecule has 0 atom stereocenters. The van der Waals surface area contributed by atoms with Crippen LogP contribution in [-0.4, -0.2) is 22.8 Å². The van der Waals surface area contributed by atoms with Gasteiger partial charge < -0.3 is 14.9 Å². The number of thiophene rings is 1. The Morgan fingerprint density at radius 1 is 1.10 bits per heavy atom. The van der Waals surface area contributed by atoms with Gasteiger partial charge in [-0.05, 0) is 48.9 Å². The van der Waals surface area contributed by atoms with Gasteiger partial charge in [-0.15, -0.1) is 11.3 Å². The molecule has 0 spiro atoms. The number of carbonyl (C=O) groups excluding carboxylic acids is 1. The smallest absolute Gasteiger partial charge is 0.348 e. The van der Waals surface area contributed by atoms with Gasteiger partial charge in [-0.3, -0.25) is 0 Å². The van der Waals surface area contributed by atoms with E-state index in [1.807, 2.05) is 0 Å². The minimum atomic E-state index is -0.833. The van der Waals surface area contributed by atoms with Crippen molar-refractivity contribution in [2.75, 3.05) is 6.61 Å². The molecule has 0 saturated heterocycles. The maximum atomic E-state index is 14.5. The summed E-state index contributed by atoms with van der Waals surface area (Å²) in [7, 11) is 0. The Morgan fingerprint density at radius 3 is 2.23 bits per heavy atom. The van der Waals surface area contributed by atoms with Crippen LogP contribution < -0.4 is 0 Å². The highest BCUT2D eigenvalue weighted by atomic mass is 32.1. The van der Waals surface area contributed by atoms with Crippen molar-refractivity contribution in [1.82, 2.24) is 0 Å². The van der Waals surface area contributed by atoms with Gasteiger partial charge in [-0.25, -0.2) is 13.6 Å². The van der Waals surface area contributed by atoms with Crippen molar-refractivity contribution in [2.45, 2.75) is 6.92 Å². The van der Waals surface area contributed by atoms with Gasteiger partial charge in [0.15, 0.2) is 0 Å². The number of ether oxygens (including phenoxy) is 1. The molecule has 0 aliphatic rings. The van der Waals surface area contributed by atoms with Gasteiger partial charge in [-0.2, -0.15) is 5.26 Å². The van der Waals surface area contributed by atoms with E-state index in [-0.39, 0.29) is 34.8 Å². The van der Waals surface area contributed by atoms with Gasteiger partial charge >= 0.3 is 5.97 Å². The number of hydrogen-bond acceptors (Lipinski definition) is 6. The lowest BCUT2D eigenvalue weighted by atomic mass is 10.0. The number of nitriles is 1. The third-order valence-electron chi connectivity index (χ3n) is 4.09. The second-order valence-electron chi connectivity index (χ2n) is 6.11. The maximum absolute atomic E-state index is 14.5. The monoisotopic (exact) mass is 427 g/mol. The normalized spacial score (nSPS) is 11.2. The number of phenolic OH excluding ortho intramolecular Hbond substituents is 2. The standard InChI is InChI=1S/C22H15F2NO4S/c1-2-29-22(28)13(11-25)7-12-8-20(16-5-3-14(26)9-18(16)23)30-21(12)17-6-4-15(27)10-19(17)24/h3-10,26-27H,2H2,1H3. The zero-order chi connectivity index (χ0) is 21.8. The van der Waals surface area contributed by atoms with E-state index >= 15 is 0 Å². The van der Waals surface area contributed by atoms with Crippen molar-refractivity contribution < 1.29 is 28.5 Å². The first-order valence-electron chi connectivity index (χ1n) is 8.74. The molecule has 30 heavy (non-hydrogen) atoms. The molecule has 0 bridgehead atoms. The fourth-order valence-electron chi connectivity index (χ4n) is 2.75. The van der Waals surface area contributed by atoms with Gasteiger partial charge in [0.1, 0.15) is 34.8 Å². The Balaban J connectivity index is 2.22. The molecule has 3 aromatic rings. The SMILES string of the molecule is CCOC(=O)C(C#N)=Cc1cc(-c2ccc(O)cc2F)sc1-c1ccc(O)cc1F. The molecular weight excluding hydrogens is 412 g/mol. The summed E-state index contributed by atoms with van der Waals surface area (Å²) >= 11 is 1.03. The van der Waals surface area contributed by atoms with E-state index in [9.17, 15) is 29.1 Å². The molecule has 5 nitrogen and oxygen atoms in total. The van der Waals surface area contributed by atoms with Crippen LogP contribution in [0.3, 0.4) is 0 Å². The van der Waals surface area contributed by atoms with Crippen molar-refractivity contribution in [3.8, 4) is 38.4 Å². The largest absolute Gasteiger partial charge is 0.508 e. The fraction of sp³-hybridized carbons (Fsp3) is 0.0909. The van der Waals surface area contributed by atoms with E-state index in [0.29, 0.717) is 15.3 Å². The number of benzene rings is 2. The van der Waals surface area contributed by atoms with Crippen molar-refractivity contribution in [3.05, 3.63) is 65.2 Å². The Labute approximate surface area is 174 Å². The molecule has 152 valence electrons. The summed E-state index contributed by atoms with van der Waals surface area (Å²) in [4.78, 5) is 12.7. The molecule has 3 rings (SSSR count). The van der Waals surface area contributed by atoms with Gasteiger partial charge in [0, 0.05) is 33.0 Å². The molecule has 2 N–H and O–H groups in total. The molecular formula is C22H15F2NO4S. The van der Waals surface area contributed by atoms with Crippen LogP contribution in [0.2, 0.25) is 0 Å². The molecule has 0 unspecified atom stereocenters. The third-order valence-corrected chi connectivity index (χ3v) is 5.31. The second kappa shape index (κ2) is 8.76. The maximum Gasteiger partial charge on any atom is 0.348 e. The lowest BCUT2D eigenvalue weighted by Gasteiger charge is -2.04. The molecule has 1 aromatic heterocycles. The number of hydrogen-bond donors (Lipinski definition) is 2. The first kappa shape index (κ1) is 21.0. The number of aromatic hydroxyl groups is 2. The van der Waals surface area contributed by atoms with Crippen molar-refractivity contribution in [2.24, 2.45) is 0 Å². The predicted molar refractivity (Wildman–Crippen MR) is 109 cm³/mol. The Bertz CT molecular complexity index is 1190. The van der Waals surface area contributed by atoms with Crippen LogP contribution in [0.4, 0.5) is 8.78 Å². The molecule has 1 heterocycles. The van der Waals surface area contributed by atoms with Crippen LogP contribution in [0.5, 0.6) is 11.5 Å². The molecule has 8 heteroatoms. The number of rotatable bonds is 5. The Hall–Kier alpha value is -3.70. The molecule has 0 aliphatic carbocycles. The predicted octanol–water partition coefficient (Wildman–Crippen LogP) is 5.24. The van der Waals surface area contributed by atoms with Crippen LogP contribution in [0.15, 0.2) is 48.0 Å². The quantitative estimate of drug-likeness (QED) is 0.330. The highest BCUT2D eigenvalue weighted by Gasteiger charge is 2.19. The Kier molecular flexibility index (Phi) is 6.14. The highest BCUT2D eigenvalue weighted by Crippen LogP contribution is 2.42. The topological polar surface area (TPSA) is 90.6 Å². The van der Waals surface area contributed by atoms with Crippen LogP contribution in [0, 0.1) is 23.0 Å². The molecule has 0 aliphatic heterocycles. The van der Waals surface area contributed by atoms with Gasteiger partial charge in [-0.1, -0.05) is 0 Å². The summed E-state index contributed by atoms with van der Waals surface area (Å²) in [5.41, 5.74) is 0.271. The third kappa shape index (κ3) is 4.31. The molecule has 0 radical (unpaired) electrons. The van der Waals surface area contributed by atoms with Crippen molar-refractivity contribution in [3.63, 3.8) is 0 Å².